The van der Waals surface area contributed by atoms with E-state index in [1.807, 2.05) is 42.9 Å². The predicted octanol–water partition coefficient (Wildman–Crippen LogP) is 0.549. The van der Waals surface area contributed by atoms with E-state index in [-0.39, 0.29) is 5.91 Å². The number of hydrogen-bond acceptors (Lipinski definition) is 4. The number of nitrogens with one attached hydrogen (secondary N) is 2. The van der Waals surface area contributed by atoms with Crippen LogP contribution >= 0.6 is 0 Å². The molecule has 0 aliphatic carbocycles. The highest BCUT2D eigenvalue weighted by atomic mass is 16.1. The highest BCUT2D eigenvalue weighted by Crippen LogP contribution is 2.09. The largest absolute Gasteiger partial charge is 0.352 e. The van der Waals surface area contributed by atoms with Crippen LogP contribution in [0.5, 0.6) is 0 Å². The van der Waals surface area contributed by atoms with Gasteiger partial charge in [-0.25, -0.2) is 0 Å². The third kappa shape index (κ3) is 4.13. The van der Waals surface area contributed by atoms with Crippen LogP contribution < -0.4 is 10.6 Å². The summed E-state index contributed by atoms with van der Waals surface area (Å²) in [5.41, 5.74) is 1.80. The van der Waals surface area contributed by atoms with E-state index in [0.29, 0.717) is 13.0 Å². The van der Waals surface area contributed by atoms with Gasteiger partial charge in [0.2, 0.25) is 0 Å². The van der Waals surface area contributed by atoms with Crippen molar-refractivity contribution < 1.29 is 4.79 Å². The lowest BCUT2D eigenvalue weighted by Gasteiger charge is -2.10. The molecule has 0 unspecified atom stereocenters. The molecule has 0 radical (unpaired) electrons. The van der Waals surface area contributed by atoms with E-state index in [1.54, 1.807) is 6.33 Å². The zero-order valence-electron chi connectivity index (χ0n) is 12.5. The van der Waals surface area contributed by atoms with Gasteiger partial charge in [-0.15, -0.1) is 10.2 Å². The number of amides is 1. The van der Waals surface area contributed by atoms with Gasteiger partial charge in [-0.1, -0.05) is 18.2 Å². The second kappa shape index (κ2) is 7.54. The number of nitrogens with zero attached hydrogens (tertiary/aromatic N) is 3. The minimum atomic E-state index is -0.0381. The van der Waals surface area contributed by atoms with Gasteiger partial charge in [0.15, 0.2) is 0 Å². The molecule has 2 N–H and O–H groups in total. The highest BCUT2D eigenvalue weighted by Gasteiger charge is 2.10. The minimum Gasteiger partial charge on any atom is -0.352 e. The van der Waals surface area contributed by atoms with Gasteiger partial charge < -0.3 is 15.2 Å². The summed E-state index contributed by atoms with van der Waals surface area (Å²) < 4.78 is 1.85. The van der Waals surface area contributed by atoms with E-state index in [2.05, 4.69) is 20.8 Å². The van der Waals surface area contributed by atoms with Gasteiger partial charge in [-0.3, -0.25) is 4.79 Å². The summed E-state index contributed by atoms with van der Waals surface area (Å²) in [6, 6.07) is 7.71. The van der Waals surface area contributed by atoms with Gasteiger partial charge in [0, 0.05) is 25.6 Å². The molecule has 21 heavy (non-hydrogen) atoms. The monoisotopic (exact) mass is 287 g/mol. The molecule has 2 aromatic rings. The third-order valence-electron chi connectivity index (χ3n) is 3.35. The summed E-state index contributed by atoms with van der Waals surface area (Å²) in [7, 11) is 3.80. The summed E-state index contributed by atoms with van der Waals surface area (Å²) in [5, 5.41) is 13.9. The fourth-order valence-electron chi connectivity index (χ4n) is 2.14. The van der Waals surface area contributed by atoms with Crippen molar-refractivity contribution in [3.05, 3.63) is 47.5 Å². The standard InChI is InChI=1S/C15H21N5O/c1-16-9-7-12-5-3-4-6-13(12)15(21)17-10-8-14-19-18-11-20(14)2/h3-6,11,16H,7-10H2,1-2H3,(H,17,21). The summed E-state index contributed by atoms with van der Waals surface area (Å²) >= 11 is 0. The molecule has 1 aromatic heterocycles. The Morgan fingerprint density at radius 1 is 1.24 bits per heavy atom. The molecule has 0 atom stereocenters. The van der Waals surface area contributed by atoms with E-state index < -0.39 is 0 Å². The number of benzene rings is 1. The quantitative estimate of drug-likeness (QED) is 0.780. The summed E-state index contributed by atoms with van der Waals surface area (Å²) in [6.45, 7) is 1.40. The van der Waals surface area contributed by atoms with E-state index in [0.717, 1.165) is 29.9 Å². The average Bonchev–Trinajstić information content (AvgIpc) is 2.91. The second-order valence-electron chi connectivity index (χ2n) is 4.87. The van der Waals surface area contributed by atoms with Crippen molar-refractivity contribution in [1.82, 2.24) is 25.4 Å². The van der Waals surface area contributed by atoms with Crippen LogP contribution in [0.2, 0.25) is 0 Å². The zero-order valence-corrected chi connectivity index (χ0v) is 12.5. The van der Waals surface area contributed by atoms with Crippen LogP contribution in [0.1, 0.15) is 21.7 Å². The van der Waals surface area contributed by atoms with Gasteiger partial charge in [0.05, 0.1) is 0 Å². The van der Waals surface area contributed by atoms with Crippen LogP contribution in [-0.2, 0) is 19.9 Å². The van der Waals surface area contributed by atoms with Crippen molar-refractivity contribution in [3.63, 3.8) is 0 Å². The van der Waals surface area contributed by atoms with Crippen LogP contribution in [0.3, 0.4) is 0 Å². The molecule has 2 rings (SSSR count). The molecule has 0 fully saturated rings. The maximum atomic E-state index is 12.3. The Labute approximate surface area is 124 Å². The highest BCUT2D eigenvalue weighted by molar-refractivity contribution is 5.95. The second-order valence-corrected chi connectivity index (χ2v) is 4.87. The van der Waals surface area contributed by atoms with Crippen molar-refractivity contribution >= 4 is 5.91 Å². The molecule has 0 aliphatic heterocycles. The van der Waals surface area contributed by atoms with Crippen molar-refractivity contribution in [2.24, 2.45) is 7.05 Å². The maximum Gasteiger partial charge on any atom is 0.251 e. The van der Waals surface area contributed by atoms with Crippen LogP contribution in [0.25, 0.3) is 0 Å². The van der Waals surface area contributed by atoms with Gasteiger partial charge in [-0.2, -0.15) is 0 Å². The van der Waals surface area contributed by atoms with E-state index in [1.165, 1.54) is 0 Å². The van der Waals surface area contributed by atoms with Crippen molar-refractivity contribution in [2.45, 2.75) is 12.8 Å². The fourth-order valence-corrected chi connectivity index (χ4v) is 2.14. The van der Waals surface area contributed by atoms with E-state index in [9.17, 15) is 4.79 Å². The molecule has 112 valence electrons. The molecule has 0 bridgehead atoms. The third-order valence-corrected chi connectivity index (χ3v) is 3.35. The van der Waals surface area contributed by atoms with E-state index >= 15 is 0 Å². The average molecular weight is 287 g/mol. The Morgan fingerprint density at radius 3 is 2.76 bits per heavy atom. The number of carbonyl (C=O) groups excluding carboxylic acids is 1. The Balaban J connectivity index is 1.92. The summed E-state index contributed by atoms with van der Waals surface area (Å²) in [5.74, 6) is 0.822. The Morgan fingerprint density at radius 2 is 2.05 bits per heavy atom. The smallest absolute Gasteiger partial charge is 0.251 e. The fraction of sp³-hybridized carbons (Fsp3) is 0.400. The molecule has 6 heteroatoms. The predicted molar refractivity (Wildman–Crippen MR) is 81.1 cm³/mol. The van der Waals surface area contributed by atoms with Gasteiger partial charge >= 0.3 is 0 Å². The van der Waals surface area contributed by atoms with Crippen molar-refractivity contribution in [2.75, 3.05) is 20.1 Å². The first-order valence-corrected chi connectivity index (χ1v) is 7.06. The van der Waals surface area contributed by atoms with Crippen LogP contribution in [0, 0.1) is 0 Å². The van der Waals surface area contributed by atoms with Gasteiger partial charge in [0.1, 0.15) is 12.2 Å². The Kier molecular flexibility index (Phi) is 5.45. The lowest BCUT2D eigenvalue weighted by atomic mass is 10.0. The molecule has 6 nitrogen and oxygen atoms in total. The first kappa shape index (κ1) is 15.2. The Hall–Kier alpha value is -2.21. The van der Waals surface area contributed by atoms with Crippen LogP contribution in [-0.4, -0.2) is 40.8 Å². The number of aromatic nitrogens is 3. The molecule has 0 spiro atoms. The summed E-state index contributed by atoms with van der Waals surface area (Å²) in [4.78, 5) is 12.3. The number of aryl methyl sites for hydroxylation is 1. The number of hydrogen-bond donors (Lipinski definition) is 2. The van der Waals surface area contributed by atoms with Crippen LogP contribution in [0.15, 0.2) is 30.6 Å². The summed E-state index contributed by atoms with van der Waals surface area (Å²) in [6.07, 6.45) is 3.16. The molecule has 1 aromatic carbocycles. The molecular formula is C15H21N5O. The van der Waals surface area contributed by atoms with Crippen molar-refractivity contribution in [3.8, 4) is 0 Å². The first-order valence-electron chi connectivity index (χ1n) is 7.06. The number of carbonyl (C=O) groups is 1. The zero-order chi connectivity index (χ0) is 15.1. The molecule has 1 amide bonds. The molecule has 0 saturated heterocycles. The van der Waals surface area contributed by atoms with Gasteiger partial charge in [0.25, 0.3) is 5.91 Å². The lowest BCUT2D eigenvalue weighted by Crippen LogP contribution is -2.27. The number of rotatable bonds is 7. The maximum absolute atomic E-state index is 12.3. The molecule has 0 aliphatic rings. The topological polar surface area (TPSA) is 71.8 Å². The Bertz CT molecular complexity index is 593. The first-order chi connectivity index (χ1) is 10.2. The van der Waals surface area contributed by atoms with Crippen molar-refractivity contribution in [1.29, 1.82) is 0 Å². The number of likely N-dealkylation sites (N-methyl/N-ethyl adjacent to an activating group) is 1. The van der Waals surface area contributed by atoms with Gasteiger partial charge in [-0.05, 0) is 31.6 Å². The molecule has 1 heterocycles. The molecule has 0 saturated carbocycles. The lowest BCUT2D eigenvalue weighted by molar-refractivity contribution is 0.0953. The minimum absolute atomic E-state index is 0.0381. The van der Waals surface area contributed by atoms with Crippen LogP contribution in [0.4, 0.5) is 0 Å². The van der Waals surface area contributed by atoms with E-state index in [4.69, 9.17) is 0 Å². The SMILES string of the molecule is CNCCc1ccccc1C(=O)NCCc1nncn1C. The molecular weight excluding hydrogens is 266 g/mol. The normalized spacial score (nSPS) is 10.6.